The summed E-state index contributed by atoms with van der Waals surface area (Å²) in [6.07, 6.45) is 0. The van der Waals surface area contributed by atoms with Crippen molar-refractivity contribution in [3.8, 4) is 11.5 Å². The molecule has 0 atom stereocenters. The molecule has 0 saturated heterocycles. The molecule has 2 heteroatoms. The molecule has 13 heavy (non-hydrogen) atoms. The third-order valence-corrected chi connectivity index (χ3v) is 0.882. The maximum atomic E-state index is 8.67. The number of para-hydroxylation sites is 2. The third-order valence-electron chi connectivity index (χ3n) is 0.882. The Kier molecular flexibility index (Phi) is 8.24. The van der Waals surface area contributed by atoms with Crippen LogP contribution < -0.4 is 0 Å². The highest BCUT2D eigenvalue weighted by Crippen LogP contribution is 2.21. The average Bonchev–Trinajstić information content (AvgIpc) is 1.94. The standard InChI is InChI=1S/C6H6O2.C4H10.CH4/c7-5-3-1-2-4-6(5)8;1-4(2)3;/h1-4,7-8H;4H,1-3H3;1H4. The monoisotopic (exact) mass is 184 g/mol. The number of rotatable bonds is 0. The van der Waals surface area contributed by atoms with E-state index in [4.69, 9.17) is 10.2 Å². The van der Waals surface area contributed by atoms with E-state index in [-0.39, 0.29) is 18.9 Å². The van der Waals surface area contributed by atoms with Crippen LogP contribution in [0.1, 0.15) is 28.2 Å². The summed E-state index contributed by atoms with van der Waals surface area (Å²) in [6.45, 7) is 6.50. The molecule has 0 unspecified atom stereocenters. The zero-order valence-electron chi connectivity index (χ0n) is 7.78. The van der Waals surface area contributed by atoms with Gasteiger partial charge in [-0.3, -0.25) is 0 Å². The van der Waals surface area contributed by atoms with Gasteiger partial charge in [0.2, 0.25) is 0 Å². The van der Waals surface area contributed by atoms with E-state index in [2.05, 4.69) is 20.8 Å². The van der Waals surface area contributed by atoms with Crippen LogP contribution in [-0.4, -0.2) is 10.2 Å². The zero-order chi connectivity index (χ0) is 9.56. The molecule has 0 fully saturated rings. The van der Waals surface area contributed by atoms with Gasteiger partial charge in [0.05, 0.1) is 0 Å². The molecule has 0 aromatic heterocycles. The van der Waals surface area contributed by atoms with Crippen LogP contribution in [0, 0.1) is 5.92 Å². The van der Waals surface area contributed by atoms with Crippen LogP contribution in [0.25, 0.3) is 0 Å². The quantitative estimate of drug-likeness (QED) is 0.607. The number of phenolic OH excluding ortho intramolecular Hbond substituents is 2. The number of aromatic hydroxyl groups is 2. The molecule has 0 aliphatic heterocycles. The van der Waals surface area contributed by atoms with Gasteiger partial charge in [0.1, 0.15) is 0 Å². The van der Waals surface area contributed by atoms with Gasteiger partial charge in [0.15, 0.2) is 11.5 Å². The zero-order valence-corrected chi connectivity index (χ0v) is 7.78. The summed E-state index contributed by atoms with van der Waals surface area (Å²) in [7, 11) is 0. The first-order valence-corrected chi connectivity index (χ1v) is 4.01. The molecule has 76 valence electrons. The van der Waals surface area contributed by atoms with Crippen LogP contribution in [0.15, 0.2) is 24.3 Å². The second-order valence-electron chi connectivity index (χ2n) is 3.22. The van der Waals surface area contributed by atoms with Crippen LogP contribution in [0.3, 0.4) is 0 Å². The lowest BCUT2D eigenvalue weighted by Crippen LogP contribution is -1.66. The molecule has 1 rings (SSSR count). The van der Waals surface area contributed by atoms with Crippen LogP contribution in [0.4, 0.5) is 0 Å². The summed E-state index contributed by atoms with van der Waals surface area (Å²) in [5.74, 6) is 0.681. The molecule has 1 aromatic carbocycles. The Morgan fingerprint density at radius 3 is 1.31 bits per heavy atom. The minimum Gasteiger partial charge on any atom is -0.504 e. The summed E-state index contributed by atoms with van der Waals surface area (Å²) in [5.41, 5.74) is 0. The normalized spacial score (nSPS) is 8.31. The number of benzene rings is 1. The average molecular weight is 184 g/mol. The predicted octanol–water partition coefficient (Wildman–Crippen LogP) is 3.40. The molecule has 0 bridgehead atoms. The van der Waals surface area contributed by atoms with Gasteiger partial charge in [-0.2, -0.15) is 0 Å². The number of hydrogen-bond acceptors (Lipinski definition) is 2. The van der Waals surface area contributed by atoms with Gasteiger partial charge >= 0.3 is 0 Å². The van der Waals surface area contributed by atoms with Crippen LogP contribution >= 0.6 is 0 Å². The molecule has 2 N–H and O–H groups in total. The van der Waals surface area contributed by atoms with E-state index in [1.165, 1.54) is 12.1 Å². The first-order valence-electron chi connectivity index (χ1n) is 4.01. The van der Waals surface area contributed by atoms with Crippen molar-refractivity contribution < 1.29 is 10.2 Å². The fourth-order valence-electron chi connectivity index (χ4n) is 0.464. The molecule has 0 heterocycles. The lowest BCUT2D eigenvalue weighted by atomic mass is 10.3. The molecular weight excluding hydrogens is 164 g/mol. The lowest BCUT2D eigenvalue weighted by Gasteiger charge is -1.91. The smallest absolute Gasteiger partial charge is 0.157 e. The van der Waals surface area contributed by atoms with Crippen molar-refractivity contribution in [2.45, 2.75) is 28.2 Å². The van der Waals surface area contributed by atoms with Gasteiger partial charge in [0.25, 0.3) is 0 Å². The van der Waals surface area contributed by atoms with Crippen LogP contribution in [0.2, 0.25) is 0 Å². The minimum absolute atomic E-state index is 0. The molecule has 0 aliphatic carbocycles. The summed E-state index contributed by atoms with van der Waals surface area (Å²) in [5, 5.41) is 17.3. The highest BCUT2D eigenvalue weighted by Gasteiger charge is 1.90. The molecule has 0 saturated carbocycles. The van der Waals surface area contributed by atoms with Gasteiger partial charge in [-0.1, -0.05) is 40.3 Å². The topological polar surface area (TPSA) is 40.5 Å². The fraction of sp³-hybridized carbons (Fsp3) is 0.455. The SMILES string of the molecule is C.CC(C)C.Oc1ccccc1O. The Hall–Kier alpha value is -1.18. The number of hydrogen-bond donors (Lipinski definition) is 2. The van der Waals surface area contributed by atoms with Gasteiger partial charge in [-0.15, -0.1) is 0 Å². The highest BCUT2D eigenvalue weighted by molar-refractivity contribution is 5.36. The molecular formula is C11H20O2. The van der Waals surface area contributed by atoms with E-state index in [1.54, 1.807) is 12.1 Å². The van der Waals surface area contributed by atoms with Gasteiger partial charge in [-0.05, 0) is 18.1 Å². The maximum Gasteiger partial charge on any atom is 0.157 e. The van der Waals surface area contributed by atoms with E-state index >= 15 is 0 Å². The second kappa shape index (κ2) is 7.47. The van der Waals surface area contributed by atoms with Crippen molar-refractivity contribution in [3.05, 3.63) is 24.3 Å². The Labute approximate surface area is 80.9 Å². The van der Waals surface area contributed by atoms with Crippen molar-refractivity contribution in [1.29, 1.82) is 0 Å². The summed E-state index contributed by atoms with van der Waals surface area (Å²) in [6, 6.07) is 6.15. The van der Waals surface area contributed by atoms with Crippen LogP contribution in [-0.2, 0) is 0 Å². The number of phenols is 2. The van der Waals surface area contributed by atoms with E-state index in [1.807, 2.05) is 0 Å². The maximum absolute atomic E-state index is 8.67. The first kappa shape index (κ1) is 14.3. The van der Waals surface area contributed by atoms with Gasteiger partial charge in [-0.25, -0.2) is 0 Å². The van der Waals surface area contributed by atoms with Crippen molar-refractivity contribution in [3.63, 3.8) is 0 Å². The largest absolute Gasteiger partial charge is 0.504 e. The van der Waals surface area contributed by atoms with E-state index < -0.39 is 0 Å². The summed E-state index contributed by atoms with van der Waals surface area (Å²) >= 11 is 0. The fourth-order valence-corrected chi connectivity index (χ4v) is 0.464. The molecule has 0 aliphatic rings. The molecule has 0 radical (unpaired) electrons. The van der Waals surface area contributed by atoms with Gasteiger partial charge in [0, 0.05) is 0 Å². The highest BCUT2D eigenvalue weighted by atomic mass is 16.3. The van der Waals surface area contributed by atoms with E-state index in [0.29, 0.717) is 0 Å². The van der Waals surface area contributed by atoms with Crippen molar-refractivity contribution in [2.24, 2.45) is 5.92 Å². The second-order valence-corrected chi connectivity index (χ2v) is 3.22. The molecule has 2 nitrogen and oxygen atoms in total. The third kappa shape index (κ3) is 8.73. The Bertz CT molecular complexity index is 195. The summed E-state index contributed by atoms with van der Waals surface area (Å²) < 4.78 is 0. The minimum atomic E-state index is -0.0764. The van der Waals surface area contributed by atoms with E-state index in [0.717, 1.165) is 5.92 Å². The Morgan fingerprint density at radius 2 is 1.15 bits per heavy atom. The van der Waals surface area contributed by atoms with Crippen molar-refractivity contribution in [2.75, 3.05) is 0 Å². The van der Waals surface area contributed by atoms with Crippen molar-refractivity contribution >= 4 is 0 Å². The predicted molar refractivity (Wildman–Crippen MR) is 57.0 cm³/mol. The Morgan fingerprint density at radius 1 is 0.923 bits per heavy atom. The molecule has 1 aromatic rings. The molecule has 0 amide bonds. The summed E-state index contributed by atoms with van der Waals surface area (Å²) in [4.78, 5) is 0. The van der Waals surface area contributed by atoms with E-state index in [9.17, 15) is 0 Å². The van der Waals surface area contributed by atoms with Crippen molar-refractivity contribution in [1.82, 2.24) is 0 Å². The van der Waals surface area contributed by atoms with Crippen LogP contribution in [0.5, 0.6) is 11.5 Å². The molecule has 0 spiro atoms. The first-order chi connectivity index (χ1) is 5.54. The Balaban J connectivity index is 0. The lowest BCUT2D eigenvalue weighted by molar-refractivity contribution is 0.404. The van der Waals surface area contributed by atoms with Gasteiger partial charge < -0.3 is 10.2 Å².